The van der Waals surface area contributed by atoms with Crippen molar-refractivity contribution in [1.29, 1.82) is 0 Å². The zero-order valence-corrected chi connectivity index (χ0v) is 11.4. The second-order valence-corrected chi connectivity index (χ2v) is 5.36. The van der Waals surface area contributed by atoms with Crippen LogP contribution in [-0.2, 0) is 0 Å². The fourth-order valence-electron chi connectivity index (χ4n) is 1.78. The Bertz CT molecular complexity index is 442. The molecule has 1 aromatic carbocycles. The van der Waals surface area contributed by atoms with E-state index in [0.717, 1.165) is 5.56 Å². The van der Waals surface area contributed by atoms with Gasteiger partial charge in [0.1, 0.15) is 0 Å². The Morgan fingerprint density at radius 1 is 1.22 bits per heavy atom. The third-order valence-corrected chi connectivity index (χ3v) is 2.93. The van der Waals surface area contributed by atoms with E-state index in [0.29, 0.717) is 12.0 Å². The van der Waals surface area contributed by atoms with Crippen LogP contribution >= 0.6 is 0 Å². The summed E-state index contributed by atoms with van der Waals surface area (Å²) in [5.41, 5.74) is 0.561. The summed E-state index contributed by atoms with van der Waals surface area (Å²) in [5, 5.41) is 29.1. The average molecular weight is 250 g/mol. The molecule has 0 aromatic heterocycles. The molecule has 3 nitrogen and oxygen atoms in total. The number of benzene rings is 1. The van der Waals surface area contributed by atoms with Gasteiger partial charge < -0.3 is 15.3 Å². The van der Waals surface area contributed by atoms with Crippen LogP contribution in [0.4, 0.5) is 0 Å². The molecule has 0 saturated carbocycles. The van der Waals surface area contributed by atoms with Crippen molar-refractivity contribution in [1.82, 2.24) is 0 Å². The lowest BCUT2D eigenvalue weighted by molar-refractivity contribution is 0.133. The second kappa shape index (κ2) is 5.44. The van der Waals surface area contributed by atoms with Gasteiger partial charge in [0.05, 0.1) is 5.60 Å². The van der Waals surface area contributed by atoms with Gasteiger partial charge in [-0.05, 0) is 38.7 Å². The van der Waals surface area contributed by atoms with Gasteiger partial charge in [-0.2, -0.15) is 0 Å². The fraction of sp³-hybridized carbons (Fsp3) is 0.467. The van der Waals surface area contributed by atoms with E-state index < -0.39 is 5.60 Å². The zero-order valence-electron chi connectivity index (χ0n) is 11.4. The molecule has 0 bridgehead atoms. The predicted octanol–water partition coefficient (Wildman–Crippen LogP) is 3.23. The summed E-state index contributed by atoms with van der Waals surface area (Å²) in [6, 6.07) is 3.62. The minimum atomic E-state index is -0.822. The number of aromatic hydroxyl groups is 2. The van der Waals surface area contributed by atoms with Crippen LogP contribution in [0, 0.1) is 6.92 Å². The first-order valence-electron chi connectivity index (χ1n) is 6.14. The summed E-state index contributed by atoms with van der Waals surface area (Å²) < 4.78 is 0. The summed E-state index contributed by atoms with van der Waals surface area (Å²) in [7, 11) is 0. The molecule has 0 heterocycles. The Kier molecular flexibility index (Phi) is 4.41. The summed E-state index contributed by atoms with van der Waals surface area (Å²) in [6.07, 6.45) is 4.32. The molecule has 1 aromatic rings. The van der Waals surface area contributed by atoms with Crippen LogP contribution in [0.5, 0.6) is 11.5 Å². The Labute approximate surface area is 108 Å². The first kappa shape index (κ1) is 14.6. The molecule has 0 aliphatic carbocycles. The highest BCUT2D eigenvalue weighted by molar-refractivity contribution is 5.50. The third kappa shape index (κ3) is 3.77. The molecule has 0 aliphatic heterocycles. The first-order chi connectivity index (χ1) is 8.22. The van der Waals surface area contributed by atoms with Crippen molar-refractivity contribution in [3.05, 3.63) is 35.4 Å². The Balaban J connectivity index is 2.83. The van der Waals surface area contributed by atoms with Gasteiger partial charge >= 0.3 is 0 Å². The Morgan fingerprint density at radius 3 is 2.39 bits per heavy atom. The molecule has 1 unspecified atom stereocenters. The van der Waals surface area contributed by atoms with Crippen molar-refractivity contribution in [2.45, 2.75) is 45.6 Å². The van der Waals surface area contributed by atoms with E-state index in [2.05, 4.69) is 0 Å². The monoisotopic (exact) mass is 250 g/mol. The van der Waals surface area contributed by atoms with Crippen molar-refractivity contribution < 1.29 is 15.3 Å². The number of rotatable bonds is 4. The second-order valence-electron chi connectivity index (χ2n) is 5.36. The van der Waals surface area contributed by atoms with E-state index >= 15 is 0 Å². The van der Waals surface area contributed by atoms with Gasteiger partial charge in [-0.3, -0.25) is 0 Å². The highest BCUT2D eigenvalue weighted by Gasteiger charge is 2.14. The third-order valence-electron chi connectivity index (χ3n) is 2.93. The molecule has 3 heteroatoms. The van der Waals surface area contributed by atoms with Gasteiger partial charge in [-0.15, -0.1) is 0 Å². The molecule has 18 heavy (non-hydrogen) atoms. The Morgan fingerprint density at radius 2 is 1.83 bits per heavy atom. The van der Waals surface area contributed by atoms with E-state index in [4.69, 9.17) is 0 Å². The minimum Gasteiger partial charge on any atom is -0.504 e. The number of hydrogen-bond donors (Lipinski definition) is 3. The van der Waals surface area contributed by atoms with Crippen molar-refractivity contribution >= 4 is 0 Å². The molecular formula is C15H22O3. The predicted molar refractivity (Wildman–Crippen MR) is 73.0 cm³/mol. The topological polar surface area (TPSA) is 60.7 Å². The summed E-state index contributed by atoms with van der Waals surface area (Å²) >= 11 is 0. The van der Waals surface area contributed by atoms with Crippen LogP contribution in [-0.4, -0.2) is 20.9 Å². The lowest BCUT2D eigenvalue weighted by Crippen LogP contribution is -2.13. The first-order valence-corrected chi connectivity index (χ1v) is 6.14. The van der Waals surface area contributed by atoms with Gasteiger partial charge in [0.15, 0.2) is 11.5 Å². The quantitative estimate of drug-likeness (QED) is 0.568. The lowest BCUT2D eigenvalue weighted by Gasteiger charge is -2.15. The molecule has 1 rings (SSSR count). The molecule has 1 atom stereocenters. The van der Waals surface area contributed by atoms with E-state index in [1.54, 1.807) is 32.9 Å². The minimum absolute atomic E-state index is 0.0424. The van der Waals surface area contributed by atoms with Crippen LogP contribution in [0.25, 0.3) is 0 Å². The smallest absolute Gasteiger partial charge is 0.161 e. The number of phenolic OH excluding ortho intramolecular Hbond substituents is 2. The van der Waals surface area contributed by atoms with Gasteiger partial charge in [-0.1, -0.05) is 31.2 Å². The number of allylic oxidation sites excluding steroid dienone is 1. The van der Waals surface area contributed by atoms with Crippen LogP contribution < -0.4 is 0 Å². The molecule has 0 fully saturated rings. The average Bonchev–Trinajstić information content (AvgIpc) is 2.24. The number of phenols is 2. The summed E-state index contributed by atoms with van der Waals surface area (Å²) in [6.45, 7) is 7.14. The van der Waals surface area contributed by atoms with E-state index in [1.165, 1.54) is 0 Å². The van der Waals surface area contributed by atoms with Gasteiger partial charge in [-0.25, -0.2) is 0 Å². The molecule has 3 N–H and O–H groups in total. The molecule has 100 valence electrons. The summed E-state index contributed by atoms with van der Waals surface area (Å²) in [4.78, 5) is 0. The van der Waals surface area contributed by atoms with Crippen LogP contribution in [0.1, 0.15) is 44.2 Å². The molecule has 0 amide bonds. The normalized spacial score (nSPS) is 14.1. The molecule has 0 radical (unpaired) electrons. The van der Waals surface area contributed by atoms with Crippen molar-refractivity contribution in [3.63, 3.8) is 0 Å². The molecular weight excluding hydrogens is 228 g/mol. The largest absolute Gasteiger partial charge is 0.504 e. The number of hydrogen-bond acceptors (Lipinski definition) is 3. The maximum atomic E-state index is 9.88. The Hall–Kier alpha value is -1.48. The van der Waals surface area contributed by atoms with E-state index in [-0.39, 0.29) is 17.4 Å². The number of aliphatic hydroxyl groups is 1. The molecule has 0 spiro atoms. The van der Waals surface area contributed by atoms with Crippen LogP contribution in [0.15, 0.2) is 24.3 Å². The van der Waals surface area contributed by atoms with E-state index in [9.17, 15) is 15.3 Å². The fourth-order valence-corrected chi connectivity index (χ4v) is 1.78. The lowest BCUT2D eigenvalue weighted by atomic mass is 9.94. The highest BCUT2D eigenvalue weighted by atomic mass is 16.3. The maximum absolute atomic E-state index is 9.88. The van der Waals surface area contributed by atoms with Crippen LogP contribution in [0.3, 0.4) is 0 Å². The van der Waals surface area contributed by atoms with Crippen molar-refractivity contribution in [3.8, 4) is 11.5 Å². The van der Waals surface area contributed by atoms with Crippen LogP contribution in [0.2, 0.25) is 0 Å². The van der Waals surface area contributed by atoms with E-state index in [1.807, 2.05) is 19.1 Å². The van der Waals surface area contributed by atoms with Gasteiger partial charge in [0.2, 0.25) is 0 Å². The van der Waals surface area contributed by atoms with Gasteiger partial charge in [0.25, 0.3) is 0 Å². The van der Waals surface area contributed by atoms with Gasteiger partial charge in [0, 0.05) is 5.56 Å². The van der Waals surface area contributed by atoms with Crippen molar-refractivity contribution in [2.75, 3.05) is 0 Å². The summed E-state index contributed by atoms with van der Waals surface area (Å²) in [5.74, 6) is -0.0138. The van der Waals surface area contributed by atoms with Crippen molar-refractivity contribution in [2.24, 2.45) is 0 Å². The standard InChI is InChI=1S/C15H22O3/c1-10(6-5-9-15(3,4)18)12-8-7-11(2)13(16)14(12)17/h5,7-10,16-18H,6H2,1-4H3. The molecule has 0 saturated heterocycles. The highest BCUT2D eigenvalue weighted by Crippen LogP contribution is 2.37. The zero-order chi connectivity index (χ0) is 13.9. The maximum Gasteiger partial charge on any atom is 0.161 e. The SMILES string of the molecule is Cc1ccc(C(C)CC=CC(C)(C)O)c(O)c1O. The molecule has 0 aliphatic rings. The number of aryl methyl sites for hydroxylation is 1.